The molecule has 11 aromatic carbocycles. The number of rotatable bonds is 30. The molecule has 25 heteroatoms. The molecule has 10 N–H and O–H groups in total. The minimum atomic E-state index is -0.361. The molecule has 0 fully saturated rings. The zero-order valence-corrected chi connectivity index (χ0v) is 70.0. The van der Waals surface area contributed by atoms with Crippen molar-refractivity contribution in [1.82, 2.24) is 35.9 Å². The van der Waals surface area contributed by atoms with Gasteiger partial charge in [0.05, 0.1) is 46.8 Å². The lowest BCUT2D eigenvalue weighted by molar-refractivity contribution is 0.0944. The number of pyridine rings is 1. The van der Waals surface area contributed by atoms with Gasteiger partial charge in [-0.1, -0.05) is 122 Å². The number of nitrogens with zero attached hydrogens (tertiary/aromatic N) is 3. The number of carbonyl (C=O) groups excluding carboxylic acids is 6. The van der Waals surface area contributed by atoms with Gasteiger partial charge in [-0.15, -0.1) is 11.3 Å². The van der Waals surface area contributed by atoms with E-state index in [4.69, 9.17) is 29.9 Å². The molecular formula is C101H87ClN10O13S. The van der Waals surface area contributed by atoms with Gasteiger partial charge in [-0.25, -0.2) is 0 Å². The molecule has 632 valence electrons. The number of phenolic OH excluding ortho intramolecular Hbond substituents is 3. The number of hydrogen-bond acceptors (Lipinski definition) is 17. The van der Waals surface area contributed by atoms with Crippen molar-refractivity contribution in [3.63, 3.8) is 0 Å². The lowest BCUT2D eigenvalue weighted by Crippen LogP contribution is -2.28. The van der Waals surface area contributed by atoms with Gasteiger partial charge in [0, 0.05) is 123 Å². The third kappa shape index (κ3) is 22.5. The van der Waals surface area contributed by atoms with E-state index in [9.17, 15) is 44.1 Å². The molecule has 6 aromatic heterocycles. The Morgan fingerprint density at radius 2 is 1.07 bits per heavy atom. The van der Waals surface area contributed by atoms with Crippen molar-refractivity contribution >= 4 is 129 Å². The zero-order valence-electron chi connectivity index (χ0n) is 68.4. The van der Waals surface area contributed by atoms with Gasteiger partial charge in [0.1, 0.15) is 45.6 Å². The largest absolute Gasteiger partial charge is 0.508 e. The number of nitrogens with one attached hydrogen (secondary N) is 7. The fraction of sp³-hybridized carbons (Fsp3) is 0.139. The quantitative estimate of drug-likeness (QED) is 0.0200. The zero-order chi connectivity index (χ0) is 87.3. The number of carbonyl (C=O) groups is 6. The molecule has 1 atom stereocenters. The van der Waals surface area contributed by atoms with Gasteiger partial charge < -0.3 is 70.5 Å². The molecule has 17 rings (SSSR count). The maximum absolute atomic E-state index is 13.3. The number of benzene rings is 11. The maximum Gasteiger partial charge on any atom is 0.291 e. The number of thiophene rings is 1. The summed E-state index contributed by atoms with van der Waals surface area (Å²) in [5, 5.41) is 51.0. The fourth-order valence-corrected chi connectivity index (χ4v) is 15.6. The number of hydrogen-bond donors (Lipinski definition) is 10. The van der Waals surface area contributed by atoms with Crippen LogP contribution in [0.2, 0.25) is 5.02 Å². The Hall–Kier alpha value is -15.4. The lowest BCUT2D eigenvalue weighted by atomic mass is 9.98. The number of para-hydroxylation sites is 3. The summed E-state index contributed by atoms with van der Waals surface area (Å²) in [5.41, 5.74) is 14.0. The van der Waals surface area contributed by atoms with E-state index in [1.54, 1.807) is 134 Å². The van der Waals surface area contributed by atoms with Crippen LogP contribution >= 0.6 is 22.9 Å². The average Bonchev–Trinajstić information content (AvgIpc) is 1.09. The first-order chi connectivity index (χ1) is 61.4. The lowest BCUT2D eigenvalue weighted by Gasteiger charge is -2.16. The minimum absolute atomic E-state index is 0.0171. The summed E-state index contributed by atoms with van der Waals surface area (Å²) < 4.78 is 24.4. The van der Waals surface area contributed by atoms with E-state index in [-0.39, 0.29) is 64.4 Å². The molecule has 6 heterocycles. The molecular weight excluding hydrogens is 1630 g/mol. The summed E-state index contributed by atoms with van der Waals surface area (Å²) in [6.07, 6.45) is 12.9. The standard InChI is InChI=1S/C36H32N4O4.C34H27ClN2O5S.C31H28N4O4/c1-23(29-12-6-13-31-34(29)38-18-17-37-31)22-39-35(42)27-15-16-30(25(20-27)10-4-7-24-8-5-11-28(41)19-24)40-36(43)33-21-26-9-2-3-14-32(26)44-33;35-25-17-22(27-13-16-41-29(27)20-25)11-14-36-33(39)24-7-10-28(30(18-24)42-15-12-21-5-8-26(38)9-6-21)37-34(40)32-19-23-3-1-2-4-31(23)43-32;36-25-8-5-21(6-9-25)14-18-39-29-20-24(30(37)33-17-13-22-11-15-32-16-12-22)7-10-27(29)35-31(38)28-19-23-3-1-2-4-26(23)34-28/h2-3,5-6,8-9,11-21,23,41H,4,7,10,22H2,1H3,(H,39,42)(H,40,43);1-10,13,16-20,38H,11-12,14-15H2,(H,36,39)(H,37,40);1-12,15-16,19-20,34,36H,13-14,17-18H2,(H,33,37)(H,35,38). The van der Waals surface area contributed by atoms with Crippen molar-refractivity contribution in [2.75, 3.05) is 48.8 Å². The highest BCUT2D eigenvalue weighted by Gasteiger charge is 2.22. The Kier molecular flexibility index (Phi) is 27.8. The highest BCUT2D eigenvalue weighted by atomic mass is 35.5. The van der Waals surface area contributed by atoms with E-state index in [1.165, 1.54) is 11.3 Å². The monoisotopic (exact) mass is 1710 g/mol. The number of aromatic nitrogens is 4. The second kappa shape index (κ2) is 41.0. The predicted octanol–water partition coefficient (Wildman–Crippen LogP) is 20.0. The summed E-state index contributed by atoms with van der Waals surface area (Å²) in [6.45, 7) is 3.95. The van der Waals surface area contributed by atoms with E-state index in [2.05, 4.69) is 51.8 Å². The second-order valence-corrected chi connectivity index (χ2v) is 31.4. The Bertz CT molecular complexity index is 6650. The van der Waals surface area contributed by atoms with Gasteiger partial charge in [0.15, 0.2) is 5.76 Å². The van der Waals surface area contributed by atoms with Gasteiger partial charge in [0.2, 0.25) is 0 Å². The van der Waals surface area contributed by atoms with Crippen molar-refractivity contribution in [3.05, 3.63) is 375 Å². The number of amides is 6. The molecule has 0 aliphatic heterocycles. The van der Waals surface area contributed by atoms with Gasteiger partial charge in [0.25, 0.3) is 35.4 Å². The minimum Gasteiger partial charge on any atom is -0.508 e. The number of aromatic amines is 1. The van der Waals surface area contributed by atoms with Gasteiger partial charge >= 0.3 is 0 Å². The molecule has 17 aromatic rings. The first-order valence-corrected chi connectivity index (χ1v) is 42.2. The second-order valence-electron chi connectivity index (χ2n) is 29.9. The number of H-pyrrole nitrogens is 1. The summed E-state index contributed by atoms with van der Waals surface area (Å²) in [6, 6.07) is 79.8. The molecule has 0 saturated heterocycles. The Morgan fingerprint density at radius 3 is 1.76 bits per heavy atom. The number of furan rings is 2. The predicted molar refractivity (Wildman–Crippen MR) is 492 cm³/mol. The fourth-order valence-electron chi connectivity index (χ4n) is 14.4. The van der Waals surface area contributed by atoms with E-state index < -0.39 is 0 Å². The normalized spacial score (nSPS) is 11.3. The first-order valence-electron chi connectivity index (χ1n) is 41.0. The van der Waals surface area contributed by atoms with E-state index in [1.807, 2.05) is 171 Å². The SMILES string of the molecule is CC(CNC(=O)c1ccc(NC(=O)c2cc3ccccc3o2)c(CCCc2cccc(O)c2)c1)c1cccc2nccnc12.O=C(NCCc1cc(Cl)cc2occc12)c1ccc(NC(=O)c2cc3ccccc3s2)c(OCCc2ccc(O)cc2)c1.O=C(NCCc1ccncc1)c1ccc(NC(=O)c2cc3ccccc3[nH]2)c(OCCc2ccc(O)cc2)c1. The van der Waals surface area contributed by atoms with Gasteiger partial charge in [-0.05, 0) is 234 Å². The Labute approximate surface area is 733 Å². The van der Waals surface area contributed by atoms with E-state index >= 15 is 0 Å². The molecule has 0 radical (unpaired) electrons. The molecule has 23 nitrogen and oxygen atoms in total. The maximum atomic E-state index is 13.3. The number of phenols is 3. The molecule has 0 bridgehead atoms. The highest BCUT2D eigenvalue weighted by Crippen LogP contribution is 2.34. The first kappa shape index (κ1) is 85.6. The number of aromatic hydroxyl groups is 3. The Morgan fingerprint density at radius 1 is 0.460 bits per heavy atom. The van der Waals surface area contributed by atoms with Crippen molar-refractivity contribution in [3.8, 4) is 28.7 Å². The van der Waals surface area contributed by atoms with Crippen molar-refractivity contribution in [2.45, 2.75) is 57.8 Å². The molecule has 0 spiro atoms. The summed E-state index contributed by atoms with van der Waals surface area (Å²) >= 11 is 7.64. The van der Waals surface area contributed by atoms with Crippen LogP contribution < -0.4 is 41.4 Å². The van der Waals surface area contributed by atoms with E-state index in [0.717, 1.165) is 94.6 Å². The van der Waals surface area contributed by atoms with Crippen LogP contribution in [0.4, 0.5) is 17.1 Å². The van der Waals surface area contributed by atoms with Crippen LogP contribution in [0.5, 0.6) is 28.7 Å². The van der Waals surface area contributed by atoms with Crippen molar-refractivity contribution < 1.29 is 62.4 Å². The molecule has 1 unspecified atom stereocenters. The molecule has 0 aliphatic carbocycles. The summed E-state index contributed by atoms with van der Waals surface area (Å²) in [4.78, 5) is 95.3. The number of halogens is 1. The van der Waals surface area contributed by atoms with E-state index in [0.29, 0.717) is 137 Å². The smallest absolute Gasteiger partial charge is 0.291 e. The third-order valence-corrected chi connectivity index (χ3v) is 22.4. The summed E-state index contributed by atoms with van der Waals surface area (Å²) in [5.74, 6) is -0.0132. The molecule has 0 saturated carbocycles. The van der Waals surface area contributed by atoms with Gasteiger partial charge in [-0.2, -0.15) is 0 Å². The highest BCUT2D eigenvalue weighted by molar-refractivity contribution is 7.20. The molecule has 0 aliphatic rings. The van der Waals surface area contributed by atoms with Crippen LogP contribution in [0.25, 0.3) is 54.0 Å². The van der Waals surface area contributed by atoms with Crippen LogP contribution in [0.15, 0.2) is 307 Å². The topological polar surface area (TPSA) is 334 Å². The van der Waals surface area contributed by atoms with Crippen LogP contribution in [0, 0.1) is 0 Å². The van der Waals surface area contributed by atoms with Crippen LogP contribution in [-0.2, 0) is 38.5 Å². The van der Waals surface area contributed by atoms with Gasteiger partial charge in [-0.3, -0.25) is 43.7 Å². The third-order valence-electron chi connectivity index (χ3n) is 21.0. The number of anilines is 3. The Balaban J connectivity index is 0.000000146. The molecule has 126 heavy (non-hydrogen) atoms. The van der Waals surface area contributed by atoms with Crippen LogP contribution in [-0.4, -0.2) is 104 Å². The number of ether oxygens (including phenoxy) is 2. The van der Waals surface area contributed by atoms with Crippen molar-refractivity contribution in [1.29, 1.82) is 0 Å². The summed E-state index contributed by atoms with van der Waals surface area (Å²) in [7, 11) is 0. The van der Waals surface area contributed by atoms with Crippen LogP contribution in [0.3, 0.4) is 0 Å². The number of fused-ring (bicyclic) bond motifs is 5. The van der Waals surface area contributed by atoms with Crippen LogP contribution in [0.1, 0.15) is 120 Å². The number of aryl methyl sites for hydroxylation is 2. The average molecular weight is 1720 g/mol. The molecule has 6 amide bonds. The van der Waals surface area contributed by atoms with Crippen molar-refractivity contribution in [2.24, 2.45) is 0 Å².